The molecule has 2 rings (SSSR count). The molecule has 2 aromatic heterocycles. The zero-order valence-electron chi connectivity index (χ0n) is 8.70. The van der Waals surface area contributed by atoms with Crippen LogP contribution < -0.4 is 4.72 Å². The summed E-state index contributed by atoms with van der Waals surface area (Å²) in [6.07, 6.45) is 3.01. The van der Waals surface area contributed by atoms with E-state index in [-0.39, 0.29) is 11.5 Å². The second-order valence-corrected chi connectivity index (χ2v) is 5.93. The molecular formula is C10H10N2O3S2. The van der Waals surface area contributed by atoms with Crippen LogP contribution in [0.5, 0.6) is 0 Å². The number of thiophene rings is 1. The third-order valence-electron chi connectivity index (χ3n) is 2.03. The Morgan fingerprint density at radius 2 is 2.06 bits per heavy atom. The molecule has 0 atom stereocenters. The molecule has 5 nitrogen and oxygen atoms in total. The van der Waals surface area contributed by atoms with E-state index in [4.69, 9.17) is 5.11 Å². The molecule has 0 aromatic carbocycles. The minimum atomic E-state index is -3.58. The lowest BCUT2D eigenvalue weighted by molar-refractivity contribution is 0.285. The minimum absolute atomic E-state index is 0.156. The fourth-order valence-corrected chi connectivity index (χ4v) is 3.41. The predicted molar refractivity (Wildman–Crippen MR) is 65.3 cm³/mol. The van der Waals surface area contributed by atoms with Crippen LogP contribution in [0.1, 0.15) is 4.88 Å². The average Bonchev–Trinajstić information content (AvgIpc) is 2.79. The molecule has 2 aromatic rings. The van der Waals surface area contributed by atoms with E-state index in [1.54, 1.807) is 12.1 Å². The number of hydrogen-bond donors (Lipinski definition) is 2. The van der Waals surface area contributed by atoms with Crippen LogP contribution in [0, 0.1) is 0 Å². The van der Waals surface area contributed by atoms with E-state index in [0.29, 0.717) is 10.6 Å². The van der Waals surface area contributed by atoms with Gasteiger partial charge in [0, 0.05) is 22.7 Å². The molecule has 0 aliphatic heterocycles. The Bertz CT molecular complexity index is 593. The zero-order valence-corrected chi connectivity index (χ0v) is 10.3. The summed E-state index contributed by atoms with van der Waals surface area (Å²) < 4.78 is 26.3. The largest absolute Gasteiger partial charge is 0.391 e. The summed E-state index contributed by atoms with van der Waals surface area (Å²) >= 11 is 1.21. The van der Waals surface area contributed by atoms with E-state index in [1.165, 1.54) is 35.2 Å². The lowest BCUT2D eigenvalue weighted by Gasteiger charge is -2.05. The van der Waals surface area contributed by atoms with Gasteiger partial charge in [0.1, 0.15) is 0 Å². The summed E-state index contributed by atoms with van der Waals surface area (Å²) in [7, 11) is -3.58. The molecule has 17 heavy (non-hydrogen) atoms. The van der Waals surface area contributed by atoms with Crippen molar-refractivity contribution in [3.63, 3.8) is 0 Å². The smallest absolute Gasteiger partial charge is 0.262 e. The molecule has 2 heterocycles. The first-order chi connectivity index (χ1) is 8.12. The van der Waals surface area contributed by atoms with E-state index in [2.05, 4.69) is 9.71 Å². The van der Waals surface area contributed by atoms with E-state index >= 15 is 0 Å². The molecule has 2 N–H and O–H groups in total. The first kappa shape index (κ1) is 12.0. The number of hydrogen-bond acceptors (Lipinski definition) is 5. The molecule has 0 aliphatic carbocycles. The van der Waals surface area contributed by atoms with Gasteiger partial charge in [-0.25, -0.2) is 8.42 Å². The quantitative estimate of drug-likeness (QED) is 0.881. The number of aromatic nitrogens is 1. The standard InChI is InChI=1S/C10H10N2O3S2/c13-6-9-5-10(7-16-9)17(14,15)12-8-1-3-11-4-2-8/h1-5,7,13H,6H2,(H,11,12). The van der Waals surface area contributed by atoms with Crippen molar-refractivity contribution in [1.29, 1.82) is 0 Å². The summed E-state index contributed by atoms with van der Waals surface area (Å²) in [4.78, 5) is 4.57. The number of aliphatic hydroxyl groups is 1. The van der Waals surface area contributed by atoms with Crippen LogP contribution in [-0.2, 0) is 16.6 Å². The van der Waals surface area contributed by atoms with Crippen molar-refractivity contribution in [3.8, 4) is 0 Å². The second-order valence-electron chi connectivity index (χ2n) is 3.25. The van der Waals surface area contributed by atoms with Crippen LogP contribution in [0.3, 0.4) is 0 Å². The Balaban J connectivity index is 2.25. The maximum atomic E-state index is 11.9. The van der Waals surface area contributed by atoms with Gasteiger partial charge in [0.05, 0.1) is 17.2 Å². The van der Waals surface area contributed by atoms with Crippen molar-refractivity contribution in [2.75, 3.05) is 4.72 Å². The van der Waals surface area contributed by atoms with Crippen LogP contribution >= 0.6 is 11.3 Å². The predicted octanol–water partition coefficient (Wildman–Crippen LogP) is 1.44. The highest BCUT2D eigenvalue weighted by Gasteiger charge is 2.15. The van der Waals surface area contributed by atoms with Crippen LogP contribution in [0.15, 0.2) is 40.9 Å². The maximum Gasteiger partial charge on any atom is 0.262 e. The van der Waals surface area contributed by atoms with Gasteiger partial charge in [0.25, 0.3) is 10.0 Å². The summed E-state index contributed by atoms with van der Waals surface area (Å²) in [5.74, 6) is 0. The SMILES string of the molecule is O=S(=O)(Nc1ccncc1)c1csc(CO)c1. The minimum Gasteiger partial charge on any atom is -0.391 e. The van der Waals surface area contributed by atoms with Crippen molar-refractivity contribution in [2.45, 2.75) is 11.5 Å². The lowest BCUT2D eigenvalue weighted by Crippen LogP contribution is -2.11. The molecule has 0 bridgehead atoms. The highest BCUT2D eigenvalue weighted by atomic mass is 32.2. The molecule has 90 valence electrons. The van der Waals surface area contributed by atoms with Gasteiger partial charge in [-0.05, 0) is 18.2 Å². The molecule has 0 unspecified atom stereocenters. The van der Waals surface area contributed by atoms with E-state index < -0.39 is 10.0 Å². The molecule has 0 saturated heterocycles. The normalized spacial score (nSPS) is 11.4. The Labute approximate surface area is 103 Å². The molecule has 0 fully saturated rings. The monoisotopic (exact) mass is 270 g/mol. The molecule has 0 radical (unpaired) electrons. The molecule has 0 aliphatic rings. The van der Waals surface area contributed by atoms with Crippen molar-refractivity contribution >= 4 is 27.0 Å². The Kier molecular flexibility index (Phi) is 3.41. The number of aliphatic hydroxyl groups excluding tert-OH is 1. The van der Waals surface area contributed by atoms with Crippen LogP contribution in [0.4, 0.5) is 5.69 Å². The van der Waals surface area contributed by atoms with Crippen molar-refractivity contribution in [2.24, 2.45) is 0 Å². The number of nitrogens with one attached hydrogen (secondary N) is 1. The molecule has 0 saturated carbocycles. The summed E-state index contributed by atoms with van der Waals surface area (Å²) in [6.45, 7) is -0.157. The highest BCUT2D eigenvalue weighted by Crippen LogP contribution is 2.21. The third kappa shape index (κ3) is 2.82. The Morgan fingerprint density at radius 3 is 2.65 bits per heavy atom. The van der Waals surface area contributed by atoms with Crippen LogP contribution in [0.2, 0.25) is 0 Å². The number of pyridine rings is 1. The first-order valence-corrected chi connectivity index (χ1v) is 7.09. The van der Waals surface area contributed by atoms with E-state index in [9.17, 15) is 8.42 Å². The number of sulfonamides is 1. The van der Waals surface area contributed by atoms with Crippen LogP contribution in [0.25, 0.3) is 0 Å². The number of anilines is 1. The summed E-state index contributed by atoms with van der Waals surface area (Å²) in [5, 5.41) is 10.4. The van der Waals surface area contributed by atoms with Gasteiger partial charge in [0.2, 0.25) is 0 Å². The van der Waals surface area contributed by atoms with Gasteiger partial charge in [-0.3, -0.25) is 9.71 Å². The second kappa shape index (κ2) is 4.82. The molecular weight excluding hydrogens is 260 g/mol. The zero-order chi connectivity index (χ0) is 12.3. The summed E-state index contributed by atoms with van der Waals surface area (Å²) in [5.41, 5.74) is 0.455. The molecule has 0 amide bonds. The van der Waals surface area contributed by atoms with Gasteiger partial charge >= 0.3 is 0 Å². The van der Waals surface area contributed by atoms with Gasteiger partial charge in [-0.15, -0.1) is 11.3 Å². The van der Waals surface area contributed by atoms with Gasteiger partial charge in [0.15, 0.2) is 0 Å². The maximum absolute atomic E-state index is 11.9. The lowest BCUT2D eigenvalue weighted by atomic mass is 10.4. The number of rotatable bonds is 4. The molecule has 7 heteroatoms. The first-order valence-electron chi connectivity index (χ1n) is 4.73. The Morgan fingerprint density at radius 1 is 1.35 bits per heavy atom. The van der Waals surface area contributed by atoms with Gasteiger partial charge in [-0.1, -0.05) is 0 Å². The van der Waals surface area contributed by atoms with E-state index in [1.807, 2.05) is 0 Å². The Hall–Kier alpha value is -1.44. The van der Waals surface area contributed by atoms with Gasteiger partial charge < -0.3 is 5.11 Å². The fraction of sp³-hybridized carbons (Fsp3) is 0.100. The van der Waals surface area contributed by atoms with Crippen molar-refractivity contribution in [1.82, 2.24) is 4.98 Å². The molecule has 0 spiro atoms. The fourth-order valence-electron chi connectivity index (χ4n) is 1.22. The van der Waals surface area contributed by atoms with Gasteiger partial charge in [-0.2, -0.15) is 0 Å². The number of nitrogens with zero attached hydrogens (tertiary/aromatic N) is 1. The third-order valence-corrected chi connectivity index (χ3v) is 4.46. The average molecular weight is 270 g/mol. The van der Waals surface area contributed by atoms with Crippen molar-refractivity contribution < 1.29 is 13.5 Å². The van der Waals surface area contributed by atoms with Crippen LogP contribution in [-0.4, -0.2) is 18.5 Å². The van der Waals surface area contributed by atoms with E-state index in [0.717, 1.165) is 0 Å². The topological polar surface area (TPSA) is 79.3 Å². The highest BCUT2D eigenvalue weighted by molar-refractivity contribution is 7.92. The summed E-state index contributed by atoms with van der Waals surface area (Å²) in [6, 6.07) is 4.59. The van der Waals surface area contributed by atoms with Crippen molar-refractivity contribution in [3.05, 3.63) is 40.8 Å².